The number of amides is 1. The highest BCUT2D eigenvalue weighted by Crippen LogP contribution is 2.29. The molecule has 2 aromatic carbocycles. The van der Waals surface area contributed by atoms with Gasteiger partial charge in [0.05, 0.1) is 6.54 Å². The summed E-state index contributed by atoms with van der Waals surface area (Å²) in [6, 6.07) is 18.6. The van der Waals surface area contributed by atoms with Gasteiger partial charge in [-0.15, -0.1) is 24.0 Å². The van der Waals surface area contributed by atoms with Gasteiger partial charge in [-0.05, 0) is 25.0 Å². The SMILES string of the molecule is CCNC(=NCCOc1ccccc1-c1ccccc1)NC1CCN(C(=O)CC)C1.I. The number of aliphatic imine (C=N–C) groups is 1. The van der Waals surface area contributed by atoms with E-state index in [4.69, 9.17) is 4.74 Å². The molecule has 1 atom stereocenters. The minimum absolute atomic E-state index is 0. The molecule has 1 saturated heterocycles. The van der Waals surface area contributed by atoms with Gasteiger partial charge in [0.2, 0.25) is 5.91 Å². The lowest BCUT2D eigenvalue weighted by atomic mass is 10.1. The largest absolute Gasteiger partial charge is 0.491 e. The number of hydrogen-bond acceptors (Lipinski definition) is 3. The number of carbonyl (C=O) groups is 1. The van der Waals surface area contributed by atoms with Crippen LogP contribution in [-0.2, 0) is 4.79 Å². The number of likely N-dealkylation sites (tertiary alicyclic amines) is 1. The number of nitrogens with zero attached hydrogens (tertiary/aromatic N) is 2. The van der Waals surface area contributed by atoms with Gasteiger partial charge in [0.1, 0.15) is 12.4 Å². The number of para-hydroxylation sites is 1. The van der Waals surface area contributed by atoms with Crippen LogP contribution < -0.4 is 15.4 Å². The van der Waals surface area contributed by atoms with Crippen molar-refractivity contribution in [2.24, 2.45) is 4.99 Å². The van der Waals surface area contributed by atoms with Gasteiger partial charge in [0.15, 0.2) is 5.96 Å². The van der Waals surface area contributed by atoms with Crippen LogP contribution in [0.25, 0.3) is 11.1 Å². The van der Waals surface area contributed by atoms with Gasteiger partial charge >= 0.3 is 0 Å². The Bertz CT molecular complexity index is 844. The highest BCUT2D eigenvalue weighted by atomic mass is 127. The molecule has 7 heteroatoms. The number of rotatable bonds is 8. The molecule has 0 radical (unpaired) electrons. The smallest absolute Gasteiger partial charge is 0.222 e. The highest BCUT2D eigenvalue weighted by molar-refractivity contribution is 14.0. The Labute approximate surface area is 202 Å². The molecule has 1 heterocycles. The second-order valence-corrected chi connectivity index (χ2v) is 7.29. The van der Waals surface area contributed by atoms with Crippen molar-refractivity contribution in [3.05, 3.63) is 54.6 Å². The fraction of sp³-hybridized carbons (Fsp3) is 0.417. The lowest BCUT2D eigenvalue weighted by Crippen LogP contribution is -2.45. The summed E-state index contributed by atoms with van der Waals surface area (Å²) >= 11 is 0. The van der Waals surface area contributed by atoms with Crippen LogP contribution in [0.15, 0.2) is 59.6 Å². The Hall–Kier alpha value is -2.29. The van der Waals surface area contributed by atoms with Crippen LogP contribution in [0, 0.1) is 0 Å². The quantitative estimate of drug-likeness (QED) is 0.233. The molecule has 168 valence electrons. The summed E-state index contributed by atoms with van der Waals surface area (Å²) < 4.78 is 6.04. The number of guanidine groups is 1. The molecule has 6 nitrogen and oxygen atoms in total. The number of nitrogens with one attached hydrogen (secondary N) is 2. The molecule has 1 aliphatic rings. The third-order valence-corrected chi connectivity index (χ3v) is 5.12. The van der Waals surface area contributed by atoms with Gasteiger partial charge in [-0.25, -0.2) is 4.99 Å². The maximum Gasteiger partial charge on any atom is 0.222 e. The van der Waals surface area contributed by atoms with Gasteiger partial charge in [-0.3, -0.25) is 4.79 Å². The Morgan fingerprint density at radius 3 is 2.61 bits per heavy atom. The predicted octanol–water partition coefficient (Wildman–Crippen LogP) is 3.92. The first-order valence-corrected chi connectivity index (χ1v) is 10.8. The van der Waals surface area contributed by atoms with Gasteiger partial charge in [0.25, 0.3) is 0 Å². The summed E-state index contributed by atoms with van der Waals surface area (Å²) in [6.07, 6.45) is 1.50. The van der Waals surface area contributed by atoms with E-state index in [1.54, 1.807) is 0 Å². The van der Waals surface area contributed by atoms with Crippen molar-refractivity contribution in [1.29, 1.82) is 0 Å². The van der Waals surface area contributed by atoms with E-state index in [1.807, 2.05) is 55.1 Å². The van der Waals surface area contributed by atoms with E-state index in [1.165, 1.54) is 0 Å². The summed E-state index contributed by atoms with van der Waals surface area (Å²) in [6.45, 7) is 7.32. The van der Waals surface area contributed by atoms with E-state index in [0.717, 1.165) is 48.9 Å². The number of ether oxygens (including phenoxy) is 1. The normalized spacial score (nSPS) is 15.9. The monoisotopic (exact) mass is 536 g/mol. The van der Waals surface area contributed by atoms with Gasteiger partial charge < -0.3 is 20.3 Å². The molecule has 1 amide bonds. The maximum absolute atomic E-state index is 11.9. The van der Waals surface area contributed by atoms with E-state index < -0.39 is 0 Å². The molecule has 1 aliphatic heterocycles. The second-order valence-electron chi connectivity index (χ2n) is 7.29. The van der Waals surface area contributed by atoms with Crippen molar-refractivity contribution in [3.63, 3.8) is 0 Å². The van der Waals surface area contributed by atoms with E-state index in [-0.39, 0.29) is 35.9 Å². The summed E-state index contributed by atoms with van der Waals surface area (Å²) in [5.41, 5.74) is 2.22. The van der Waals surface area contributed by atoms with Gasteiger partial charge in [-0.2, -0.15) is 0 Å². The lowest BCUT2D eigenvalue weighted by molar-refractivity contribution is -0.129. The Morgan fingerprint density at radius 2 is 1.87 bits per heavy atom. The molecular formula is C24H33IN4O2. The molecule has 2 N–H and O–H groups in total. The molecule has 0 spiro atoms. The third-order valence-electron chi connectivity index (χ3n) is 5.12. The average molecular weight is 536 g/mol. The molecule has 0 aromatic heterocycles. The summed E-state index contributed by atoms with van der Waals surface area (Å²) in [4.78, 5) is 18.5. The molecule has 0 saturated carbocycles. The molecule has 3 rings (SSSR count). The molecule has 1 unspecified atom stereocenters. The zero-order valence-electron chi connectivity index (χ0n) is 18.3. The number of carbonyl (C=O) groups excluding carboxylic acids is 1. The van der Waals surface area contributed by atoms with Crippen molar-refractivity contribution in [2.45, 2.75) is 32.7 Å². The highest BCUT2D eigenvalue weighted by Gasteiger charge is 2.25. The lowest BCUT2D eigenvalue weighted by Gasteiger charge is -2.18. The second kappa shape index (κ2) is 13.2. The van der Waals surface area contributed by atoms with Crippen LogP contribution in [0.3, 0.4) is 0 Å². The fourth-order valence-electron chi connectivity index (χ4n) is 3.60. The van der Waals surface area contributed by atoms with Crippen molar-refractivity contribution >= 4 is 35.8 Å². The maximum atomic E-state index is 11.9. The summed E-state index contributed by atoms with van der Waals surface area (Å²) in [7, 11) is 0. The van der Waals surface area contributed by atoms with Crippen LogP contribution in [-0.4, -0.2) is 55.6 Å². The van der Waals surface area contributed by atoms with E-state index in [2.05, 4.69) is 33.8 Å². The summed E-state index contributed by atoms with van der Waals surface area (Å²) in [5, 5.41) is 6.73. The van der Waals surface area contributed by atoms with Crippen LogP contribution in [0.1, 0.15) is 26.7 Å². The molecule has 0 bridgehead atoms. The van der Waals surface area contributed by atoms with Crippen molar-refractivity contribution in [1.82, 2.24) is 15.5 Å². The topological polar surface area (TPSA) is 66.0 Å². The van der Waals surface area contributed by atoms with E-state index in [9.17, 15) is 4.79 Å². The zero-order chi connectivity index (χ0) is 21.2. The van der Waals surface area contributed by atoms with E-state index in [0.29, 0.717) is 19.6 Å². The minimum Gasteiger partial charge on any atom is -0.491 e. The van der Waals surface area contributed by atoms with Crippen molar-refractivity contribution in [3.8, 4) is 16.9 Å². The Balaban J connectivity index is 0.00000341. The third kappa shape index (κ3) is 7.41. The molecule has 1 fully saturated rings. The zero-order valence-corrected chi connectivity index (χ0v) is 20.7. The number of benzene rings is 2. The molecule has 0 aliphatic carbocycles. The number of hydrogen-bond donors (Lipinski definition) is 2. The predicted molar refractivity (Wildman–Crippen MR) is 137 cm³/mol. The molecule has 31 heavy (non-hydrogen) atoms. The Morgan fingerprint density at radius 1 is 1.13 bits per heavy atom. The first-order valence-electron chi connectivity index (χ1n) is 10.8. The molecule has 2 aromatic rings. The van der Waals surface area contributed by atoms with Crippen molar-refractivity contribution in [2.75, 3.05) is 32.8 Å². The van der Waals surface area contributed by atoms with Crippen LogP contribution in [0.5, 0.6) is 5.75 Å². The fourth-order valence-corrected chi connectivity index (χ4v) is 3.60. The summed E-state index contributed by atoms with van der Waals surface area (Å²) in [5.74, 6) is 1.85. The van der Waals surface area contributed by atoms with Gasteiger partial charge in [0, 0.05) is 37.7 Å². The van der Waals surface area contributed by atoms with E-state index >= 15 is 0 Å². The van der Waals surface area contributed by atoms with Gasteiger partial charge in [-0.1, -0.05) is 55.5 Å². The Kier molecular flexibility index (Phi) is 10.6. The van der Waals surface area contributed by atoms with Crippen LogP contribution in [0.4, 0.5) is 0 Å². The van der Waals surface area contributed by atoms with Crippen LogP contribution in [0.2, 0.25) is 0 Å². The standard InChI is InChI=1S/C24H32N4O2.HI/c1-3-23(29)28-16-14-20(18-28)27-24(25-4-2)26-15-17-30-22-13-9-8-12-21(22)19-10-6-5-7-11-19;/h5-13,20H,3-4,14-18H2,1-2H3,(H2,25,26,27);1H. The van der Waals surface area contributed by atoms with Crippen molar-refractivity contribution < 1.29 is 9.53 Å². The van der Waals surface area contributed by atoms with Crippen LogP contribution >= 0.6 is 24.0 Å². The number of halogens is 1. The molecular weight excluding hydrogens is 503 g/mol. The first kappa shape index (κ1) is 25.0. The minimum atomic E-state index is 0. The first-order chi connectivity index (χ1) is 14.7. The average Bonchev–Trinajstić information content (AvgIpc) is 3.25.